The van der Waals surface area contributed by atoms with E-state index in [4.69, 9.17) is 4.74 Å². The molecule has 0 spiro atoms. The summed E-state index contributed by atoms with van der Waals surface area (Å²) in [6, 6.07) is 3.34. The Morgan fingerprint density at radius 3 is 2.58 bits per heavy atom. The lowest BCUT2D eigenvalue weighted by molar-refractivity contribution is -0.142. The Bertz CT molecular complexity index is 461. The van der Waals surface area contributed by atoms with Gasteiger partial charge in [-0.15, -0.1) is 0 Å². The van der Waals surface area contributed by atoms with E-state index in [0.717, 1.165) is 12.1 Å². The van der Waals surface area contributed by atoms with Gasteiger partial charge in [0, 0.05) is 4.47 Å². The van der Waals surface area contributed by atoms with Gasteiger partial charge in [0.15, 0.2) is 0 Å². The summed E-state index contributed by atoms with van der Waals surface area (Å²) >= 11 is 6.29. The first-order valence-corrected chi connectivity index (χ1v) is 7.13. The van der Waals surface area contributed by atoms with Gasteiger partial charge in [0.2, 0.25) is 0 Å². The van der Waals surface area contributed by atoms with Crippen LogP contribution in [0.3, 0.4) is 0 Å². The van der Waals surface area contributed by atoms with Crippen LogP contribution in [0, 0.1) is 0 Å². The zero-order valence-electron chi connectivity index (χ0n) is 9.93. The van der Waals surface area contributed by atoms with E-state index in [2.05, 4.69) is 31.9 Å². The molecule has 0 heterocycles. The second-order valence-corrected chi connectivity index (χ2v) is 5.69. The summed E-state index contributed by atoms with van der Waals surface area (Å²) in [6.07, 6.45) is -4.29. The van der Waals surface area contributed by atoms with Gasteiger partial charge in [-0.1, -0.05) is 31.9 Å². The Hall–Kier alpha value is -0.560. The van der Waals surface area contributed by atoms with Crippen molar-refractivity contribution >= 4 is 37.8 Å². The summed E-state index contributed by atoms with van der Waals surface area (Å²) in [7, 11) is 0. The molecule has 0 saturated heterocycles. The minimum atomic E-state index is -4.40. The topological polar surface area (TPSA) is 26.3 Å². The fourth-order valence-electron chi connectivity index (χ4n) is 1.42. The summed E-state index contributed by atoms with van der Waals surface area (Å²) in [5, 5.41) is 0. The molecule has 0 aromatic heterocycles. The van der Waals surface area contributed by atoms with Crippen molar-refractivity contribution in [2.24, 2.45) is 0 Å². The average Bonchev–Trinajstić information content (AvgIpc) is 2.30. The van der Waals surface area contributed by atoms with E-state index in [-0.39, 0.29) is 13.0 Å². The number of esters is 1. The summed E-state index contributed by atoms with van der Waals surface area (Å²) < 4.78 is 43.1. The van der Waals surface area contributed by atoms with E-state index in [1.165, 1.54) is 6.07 Å². The van der Waals surface area contributed by atoms with Gasteiger partial charge >= 0.3 is 12.1 Å². The molecule has 0 saturated carbocycles. The summed E-state index contributed by atoms with van der Waals surface area (Å²) in [6.45, 7) is 1.89. The highest BCUT2D eigenvalue weighted by atomic mass is 79.9. The first-order chi connectivity index (χ1) is 8.75. The number of benzene rings is 1. The van der Waals surface area contributed by atoms with Crippen LogP contribution < -0.4 is 0 Å². The van der Waals surface area contributed by atoms with E-state index in [9.17, 15) is 18.0 Å². The number of alkyl halides is 4. The monoisotopic (exact) mass is 402 g/mol. The van der Waals surface area contributed by atoms with Crippen LogP contribution in [0.15, 0.2) is 22.7 Å². The van der Waals surface area contributed by atoms with Crippen LogP contribution in [0.1, 0.15) is 18.1 Å². The molecule has 1 rings (SSSR count). The molecule has 0 aliphatic heterocycles. The summed E-state index contributed by atoms with van der Waals surface area (Å²) in [5.41, 5.74) is -0.348. The molecule has 1 aromatic carbocycles. The maximum atomic E-state index is 12.6. The van der Waals surface area contributed by atoms with E-state index in [0.29, 0.717) is 10.0 Å². The molecule has 0 bridgehead atoms. The van der Waals surface area contributed by atoms with E-state index in [1.807, 2.05) is 0 Å². The molecule has 0 aliphatic carbocycles. The molecule has 2 nitrogen and oxygen atoms in total. The van der Waals surface area contributed by atoms with Gasteiger partial charge in [0.25, 0.3) is 0 Å². The van der Waals surface area contributed by atoms with Gasteiger partial charge in [-0.2, -0.15) is 13.2 Å². The highest BCUT2D eigenvalue weighted by Gasteiger charge is 2.31. The fourth-order valence-corrected chi connectivity index (χ4v) is 2.31. The lowest BCUT2D eigenvalue weighted by atomic mass is 10.1. The number of rotatable bonds is 4. The third kappa shape index (κ3) is 4.80. The number of hydrogen-bond acceptors (Lipinski definition) is 2. The highest BCUT2D eigenvalue weighted by molar-refractivity contribution is 9.10. The number of halogens is 5. The minimum Gasteiger partial charge on any atom is -0.465 e. The van der Waals surface area contributed by atoms with Gasteiger partial charge < -0.3 is 4.74 Å². The molecule has 0 amide bonds. The van der Waals surface area contributed by atoms with Crippen molar-refractivity contribution in [1.82, 2.24) is 0 Å². The van der Waals surface area contributed by atoms with Crippen molar-refractivity contribution in [3.05, 3.63) is 33.8 Å². The molecule has 7 heteroatoms. The number of carbonyl (C=O) groups excluding carboxylic acids is 1. The standard InChI is InChI=1S/C12H11Br2F3O2/c1-2-19-11(18)10(14)6-7-5-8(12(15,16)17)3-4-9(7)13/h3-5,10H,2,6H2,1H3. The third-order valence-electron chi connectivity index (χ3n) is 2.31. The van der Waals surface area contributed by atoms with Crippen LogP contribution in [0.2, 0.25) is 0 Å². The quantitative estimate of drug-likeness (QED) is 0.552. The van der Waals surface area contributed by atoms with Crippen molar-refractivity contribution in [2.75, 3.05) is 6.61 Å². The summed E-state index contributed by atoms with van der Waals surface area (Å²) in [5.74, 6) is -0.494. The summed E-state index contributed by atoms with van der Waals surface area (Å²) in [4.78, 5) is 10.8. The third-order valence-corrected chi connectivity index (χ3v) is 3.79. The largest absolute Gasteiger partial charge is 0.465 e. The minimum absolute atomic E-state index is 0.114. The zero-order valence-corrected chi connectivity index (χ0v) is 13.1. The van der Waals surface area contributed by atoms with Crippen LogP contribution in [-0.4, -0.2) is 17.4 Å². The van der Waals surface area contributed by atoms with Crippen LogP contribution >= 0.6 is 31.9 Å². The molecule has 1 unspecified atom stereocenters. The van der Waals surface area contributed by atoms with Gasteiger partial charge in [0.05, 0.1) is 12.2 Å². The Balaban J connectivity index is 2.91. The SMILES string of the molecule is CCOC(=O)C(Br)Cc1cc(C(F)(F)F)ccc1Br. The number of carbonyl (C=O) groups is 1. The Labute approximate surface area is 125 Å². The van der Waals surface area contributed by atoms with E-state index >= 15 is 0 Å². The van der Waals surface area contributed by atoms with Crippen molar-refractivity contribution in [1.29, 1.82) is 0 Å². The first-order valence-electron chi connectivity index (χ1n) is 5.42. The van der Waals surface area contributed by atoms with Crippen molar-refractivity contribution in [2.45, 2.75) is 24.3 Å². The number of hydrogen-bond donors (Lipinski definition) is 0. The van der Waals surface area contributed by atoms with Gasteiger partial charge in [-0.25, -0.2) is 0 Å². The highest BCUT2D eigenvalue weighted by Crippen LogP contribution is 2.32. The van der Waals surface area contributed by atoms with Gasteiger partial charge in [-0.3, -0.25) is 4.79 Å². The molecule has 19 heavy (non-hydrogen) atoms. The lowest BCUT2D eigenvalue weighted by Gasteiger charge is -2.13. The normalized spacial score (nSPS) is 13.2. The average molecular weight is 404 g/mol. The van der Waals surface area contributed by atoms with Crippen LogP contribution in [0.5, 0.6) is 0 Å². The van der Waals surface area contributed by atoms with Crippen LogP contribution in [0.25, 0.3) is 0 Å². The predicted molar refractivity (Wildman–Crippen MR) is 72.2 cm³/mol. The van der Waals surface area contributed by atoms with E-state index in [1.54, 1.807) is 6.92 Å². The van der Waals surface area contributed by atoms with Crippen molar-refractivity contribution in [3.8, 4) is 0 Å². The molecule has 1 aromatic rings. The van der Waals surface area contributed by atoms with Crippen LogP contribution in [-0.2, 0) is 22.1 Å². The predicted octanol–water partition coefficient (Wildman–Crippen LogP) is 4.34. The fraction of sp³-hybridized carbons (Fsp3) is 0.417. The number of ether oxygens (including phenoxy) is 1. The van der Waals surface area contributed by atoms with E-state index < -0.39 is 22.5 Å². The smallest absolute Gasteiger partial charge is 0.416 e. The molecule has 106 valence electrons. The molecule has 0 radical (unpaired) electrons. The van der Waals surface area contributed by atoms with Crippen LogP contribution in [0.4, 0.5) is 13.2 Å². The molecule has 1 atom stereocenters. The Morgan fingerprint density at radius 2 is 2.05 bits per heavy atom. The maximum Gasteiger partial charge on any atom is 0.416 e. The lowest BCUT2D eigenvalue weighted by Crippen LogP contribution is -2.20. The molecule has 0 aliphatic rings. The Kier molecular flexibility index (Phi) is 5.85. The second-order valence-electron chi connectivity index (χ2n) is 3.73. The first kappa shape index (κ1) is 16.5. The molecule has 0 fully saturated rings. The molecule has 0 N–H and O–H groups in total. The zero-order chi connectivity index (χ0) is 14.6. The molecular formula is C12H11Br2F3O2. The molecular weight excluding hydrogens is 393 g/mol. The van der Waals surface area contributed by atoms with Crippen molar-refractivity contribution in [3.63, 3.8) is 0 Å². The maximum absolute atomic E-state index is 12.6. The van der Waals surface area contributed by atoms with Gasteiger partial charge in [-0.05, 0) is 37.1 Å². The second kappa shape index (κ2) is 6.74. The van der Waals surface area contributed by atoms with Crippen molar-refractivity contribution < 1.29 is 22.7 Å². The Morgan fingerprint density at radius 1 is 1.42 bits per heavy atom. The van der Waals surface area contributed by atoms with Gasteiger partial charge in [0.1, 0.15) is 4.83 Å².